The predicted octanol–water partition coefficient (Wildman–Crippen LogP) is 25.6. The fourth-order valence-corrected chi connectivity index (χ4v) is 11.7. The summed E-state index contributed by atoms with van der Waals surface area (Å²) in [5.41, 5.74) is 6.93. The molecule has 1 aromatic rings. The first kappa shape index (κ1) is 67.2. The smallest absolute Gasteiger partial charge is 0.0273 e. The van der Waals surface area contributed by atoms with Crippen LogP contribution in [0.4, 0.5) is 0 Å². The summed E-state index contributed by atoms with van der Waals surface area (Å²) >= 11 is 0. The van der Waals surface area contributed by atoms with Crippen molar-refractivity contribution in [2.24, 2.45) is 0 Å². The van der Waals surface area contributed by atoms with Crippen LogP contribution < -0.4 is 0 Å². The van der Waals surface area contributed by atoms with Crippen LogP contribution in [-0.2, 0) is 25.7 Å². The summed E-state index contributed by atoms with van der Waals surface area (Å²) in [5, 5.41) is 0. The van der Waals surface area contributed by atoms with Gasteiger partial charge >= 0.3 is 0 Å². The van der Waals surface area contributed by atoms with Crippen molar-refractivity contribution in [3.63, 3.8) is 0 Å². The molecule has 1 radical (unpaired) electrons. The van der Waals surface area contributed by atoms with E-state index in [1.807, 2.05) is 0 Å². The second-order valence-electron chi connectivity index (χ2n) is 23.6. The van der Waals surface area contributed by atoms with Crippen LogP contribution >= 0.6 is 0 Å². The summed E-state index contributed by atoms with van der Waals surface area (Å²) in [6, 6.07) is 5.37. The molecule has 0 unspecified atom stereocenters. The van der Waals surface area contributed by atoms with E-state index in [4.69, 9.17) is 0 Å². The topological polar surface area (TPSA) is 0 Å². The lowest BCUT2D eigenvalue weighted by Crippen LogP contribution is -2.05. The minimum atomic E-state index is 1.06. The van der Waals surface area contributed by atoms with Crippen LogP contribution in [0.2, 0.25) is 0 Å². The van der Waals surface area contributed by atoms with Crippen LogP contribution in [0.5, 0.6) is 0 Å². The maximum absolute atomic E-state index is 4.23. The van der Waals surface area contributed by atoms with Crippen LogP contribution in [0.1, 0.15) is 403 Å². The van der Waals surface area contributed by atoms with E-state index in [9.17, 15) is 0 Å². The molecule has 70 heavy (non-hydrogen) atoms. The molecular weight excluding hydrogens is 841 g/mol. The molecule has 1 rings (SSSR count). The molecule has 0 amide bonds. The first-order chi connectivity index (χ1) is 34.8. The highest BCUT2D eigenvalue weighted by atomic mass is 14.2. The molecule has 0 atom stereocenters. The predicted molar refractivity (Wildman–Crippen MR) is 322 cm³/mol. The second-order valence-corrected chi connectivity index (χ2v) is 23.6. The minimum Gasteiger partial charge on any atom is -0.0654 e. The Bertz CT molecular complexity index is 1050. The quantitative estimate of drug-likeness (QED) is 0.0571. The number of unbranched alkanes of at least 4 members (excludes halogenated alkanes) is 52. The Balaban J connectivity index is 2.48. The van der Waals surface area contributed by atoms with Crippen molar-refractivity contribution >= 4 is 0 Å². The maximum Gasteiger partial charge on any atom is -0.0273 e. The van der Waals surface area contributed by atoms with Gasteiger partial charge in [0.25, 0.3) is 0 Å². The third kappa shape index (κ3) is 47.0. The molecule has 0 saturated carbocycles. The monoisotopic (exact) mass is 974 g/mol. The normalized spacial score (nSPS) is 11.7. The number of rotatable bonds is 60. The van der Waals surface area contributed by atoms with Crippen molar-refractivity contribution in [1.29, 1.82) is 0 Å². The molecular formula is C70H133. The average molecular weight is 975 g/mol. The molecule has 0 nitrogen and oxygen atoms in total. The number of aryl methyl sites for hydroxylation is 3. The Morgan fingerprint density at radius 1 is 0.214 bits per heavy atom. The lowest BCUT2D eigenvalue weighted by molar-refractivity contribution is 0.523. The zero-order valence-electron chi connectivity index (χ0n) is 49.3. The van der Waals surface area contributed by atoms with E-state index in [1.165, 1.54) is 379 Å². The Labute approximate surface area is 445 Å². The fraction of sp³-hybridized carbons (Fsp3) is 0.900. The number of hydrogen-bond donors (Lipinski definition) is 0. The second kappa shape index (κ2) is 57.5. The highest BCUT2D eigenvalue weighted by molar-refractivity contribution is 5.40. The van der Waals surface area contributed by atoms with Crippen molar-refractivity contribution in [2.45, 2.75) is 406 Å². The fourth-order valence-electron chi connectivity index (χ4n) is 11.7. The Morgan fingerprint density at radius 2 is 0.400 bits per heavy atom. The summed E-state index contributed by atoms with van der Waals surface area (Å²) in [5.74, 6) is 0. The zero-order valence-corrected chi connectivity index (χ0v) is 49.3. The maximum atomic E-state index is 4.23. The molecule has 0 heterocycles. The summed E-state index contributed by atoms with van der Waals surface area (Å²) in [6.45, 7) is 11.2. The SMILES string of the molecule is [CH2]CCCc1cc(CCCCCCCCCCCCCCCCCCCC)c(CCCCCCCCCCCCCCCCCCCC)c(CCCCCCCCCCCCCCCCCCCC)c1. The number of hydrogen-bond acceptors (Lipinski definition) is 0. The summed E-state index contributed by atoms with van der Waals surface area (Å²) in [7, 11) is 0. The molecule has 0 saturated heterocycles. The largest absolute Gasteiger partial charge is 0.0654 e. The minimum absolute atomic E-state index is 1.06. The van der Waals surface area contributed by atoms with Gasteiger partial charge in [0.15, 0.2) is 0 Å². The van der Waals surface area contributed by atoms with Gasteiger partial charge in [0.1, 0.15) is 0 Å². The van der Waals surface area contributed by atoms with E-state index in [0.717, 1.165) is 6.42 Å². The highest BCUT2D eigenvalue weighted by Crippen LogP contribution is 2.27. The van der Waals surface area contributed by atoms with Crippen LogP contribution in [-0.4, -0.2) is 0 Å². The first-order valence-electron chi connectivity index (χ1n) is 33.7. The lowest BCUT2D eigenvalue weighted by atomic mass is 9.87. The summed E-state index contributed by atoms with van der Waals surface area (Å²) in [4.78, 5) is 0. The summed E-state index contributed by atoms with van der Waals surface area (Å²) < 4.78 is 0. The van der Waals surface area contributed by atoms with Gasteiger partial charge in [0.05, 0.1) is 0 Å². The molecule has 0 aliphatic rings. The zero-order chi connectivity index (χ0) is 50.2. The molecule has 0 aliphatic carbocycles. The van der Waals surface area contributed by atoms with E-state index in [1.54, 1.807) is 22.3 Å². The van der Waals surface area contributed by atoms with Crippen LogP contribution in [0.15, 0.2) is 12.1 Å². The van der Waals surface area contributed by atoms with Crippen molar-refractivity contribution in [1.82, 2.24) is 0 Å². The number of benzene rings is 1. The Hall–Kier alpha value is -0.780. The van der Waals surface area contributed by atoms with E-state index in [0.29, 0.717) is 0 Å². The molecule has 1 aromatic carbocycles. The van der Waals surface area contributed by atoms with Crippen LogP contribution in [0, 0.1) is 6.92 Å². The third-order valence-electron chi connectivity index (χ3n) is 16.6. The van der Waals surface area contributed by atoms with Gasteiger partial charge in [-0.15, -0.1) is 0 Å². The Morgan fingerprint density at radius 3 is 0.600 bits per heavy atom. The van der Waals surface area contributed by atoms with E-state index in [2.05, 4.69) is 39.8 Å². The van der Waals surface area contributed by atoms with Gasteiger partial charge in [0, 0.05) is 0 Å². The first-order valence-corrected chi connectivity index (χ1v) is 33.7. The lowest BCUT2D eigenvalue weighted by Gasteiger charge is -2.18. The molecule has 0 aromatic heterocycles. The van der Waals surface area contributed by atoms with Crippen molar-refractivity contribution in [3.8, 4) is 0 Å². The van der Waals surface area contributed by atoms with E-state index in [-0.39, 0.29) is 0 Å². The molecule has 0 aliphatic heterocycles. The van der Waals surface area contributed by atoms with Crippen LogP contribution in [0.25, 0.3) is 0 Å². The van der Waals surface area contributed by atoms with Crippen molar-refractivity contribution < 1.29 is 0 Å². The van der Waals surface area contributed by atoms with Gasteiger partial charge < -0.3 is 0 Å². The van der Waals surface area contributed by atoms with Gasteiger partial charge in [-0.1, -0.05) is 374 Å². The molecule has 0 fully saturated rings. The van der Waals surface area contributed by atoms with Gasteiger partial charge in [-0.2, -0.15) is 0 Å². The molecule has 0 spiro atoms. The molecule has 0 N–H and O–H groups in total. The standard InChI is InChI=1S/C70H133/c1-5-9-13-16-19-22-25-28-31-34-37-40-43-46-49-52-55-58-62-68-65-67(61-12-8-4)66-69(63-59-56-53-50-47-44-41-38-35-32-29-26-23-20-17-14-10-6-2)70(68)64-60-57-54-51-48-45-42-39-36-33-30-27-24-21-18-15-11-7-3/h65-66H,4-64H2,1-3H3. The molecule has 413 valence electrons. The van der Waals surface area contributed by atoms with Gasteiger partial charge in [-0.25, -0.2) is 0 Å². The molecule has 0 heteroatoms. The Kier molecular flexibility index (Phi) is 55.2. The van der Waals surface area contributed by atoms with Crippen LogP contribution in [0.3, 0.4) is 0 Å². The summed E-state index contributed by atoms with van der Waals surface area (Å²) in [6.07, 6.45) is 86.2. The molecule has 0 bridgehead atoms. The highest BCUT2D eigenvalue weighted by Gasteiger charge is 2.12. The van der Waals surface area contributed by atoms with Gasteiger partial charge in [-0.3, -0.25) is 0 Å². The van der Waals surface area contributed by atoms with Gasteiger partial charge in [0.2, 0.25) is 0 Å². The van der Waals surface area contributed by atoms with Crippen molar-refractivity contribution in [2.75, 3.05) is 0 Å². The third-order valence-corrected chi connectivity index (χ3v) is 16.6. The average Bonchev–Trinajstić information content (AvgIpc) is 3.37. The van der Waals surface area contributed by atoms with E-state index >= 15 is 0 Å². The van der Waals surface area contributed by atoms with E-state index < -0.39 is 0 Å². The van der Waals surface area contributed by atoms with Crippen molar-refractivity contribution in [3.05, 3.63) is 41.3 Å². The van der Waals surface area contributed by atoms with Gasteiger partial charge in [-0.05, 0) is 73.6 Å².